The Balaban J connectivity index is 2.50. The van der Waals surface area contributed by atoms with Crippen LogP contribution in [0.2, 0.25) is 0 Å². The van der Waals surface area contributed by atoms with Crippen LogP contribution in [-0.4, -0.2) is 21.3 Å². The summed E-state index contributed by atoms with van der Waals surface area (Å²) in [6.07, 6.45) is 4.01. The van der Waals surface area contributed by atoms with E-state index in [1.165, 1.54) is 0 Å². The van der Waals surface area contributed by atoms with Crippen molar-refractivity contribution in [3.8, 4) is 0 Å². The molecule has 2 N–H and O–H groups in total. The van der Waals surface area contributed by atoms with Crippen LogP contribution in [0.4, 0.5) is 0 Å². The lowest BCUT2D eigenvalue weighted by atomic mass is 10.7. The summed E-state index contributed by atoms with van der Waals surface area (Å²) >= 11 is 0. The Morgan fingerprint density at radius 2 is 2.62 bits per heavy atom. The molecule has 1 aromatic heterocycles. The van der Waals surface area contributed by atoms with Gasteiger partial charge in [0.05, 0.1) is 6.54 Å². The van der Waals surface area contributed by atoms with E-state index in [2.05, 4.69) is 16.4 Å². The summed E-state index contributed by atoms with van der Waals surface area (Å²) in [5, 5.41) is 3.71. The molecular weight excluding hydrogens is 104 g/mol. The van der Waals surface area contributed by atoms with Crippen molar-refractivity contribution in [3.63, 3.8) is 0 Å². The maximum absolute atomic E-state index is 5.22. The van der Waals surface area contributed by atoms with Gasteiger partial charge in [-0.05, 0) is 0 Å². The number of nitrogens with zero attached hydrogens (tertiary/aromatic N) is 3. The minimum atomic E-state index is 0.594. The van der Waals surface area contributed by atoms with E-state index in [9.17, 15) is 0 Å². The molecule has 1 heterocycles. The summed E-state index contributed by atoms with van der Waals surface area (Å²) in [6.45, 7) is 1.31. The summed E-state index contributed by atoms with van der Waals surface area (Å²) in [5.74, 6) is 0. The van der Waals surface area contributed by atoms with Crippen molar-refractivity contribution in [1.29, 1.82) is 0 Å². The van der Waals surface area contributed by atoms with Gasteiger partial charge in [-0.2, -0.15) is 0 Å². The molecule has 43 valence electrons. The van der Waals surface area contributed by atoms with Crippen molar-refractivity contribution in [3.05, 3.63) is 12.7 Å². The minimum absolute atomic E-state index is 0.594. The molecule has 0 aliphatic heterocycles. The SMILES string of the molecule is NCCn1cn[c]n1. The highest BCUT2D eigenvalue weighted by molar-refractivity contribution is 4.53. The molecule has 1 radical (unpaired) electrons. The molecule has 8 heavy (non-hydrogen) atoms. The minimum Gasteiger partial charge on any atom is -0.329 e. The lowest BCUT2D eigenvalue weighted by Crippen LogP contribution is -2.09. The lowest BCUT2D eigenvalue weighted by molar-refractivity contribution is 0.622. The number of hydrogen-bond donors (Lipinski definition) is 1. The first-order valence-electron chi connectivity index (χ1n) is 2.39. The van der Waals surface area contributed by atoms with E-state index in [0.717, 1.165) is 6.54 Å². The van der Waals surface area contributed by atoms with Crippen LogP contribution in [0, 0.1) is 6.33 Å². The third-order valence-corrected chi connectivity index (χ3v) is 0.780. The van der Waals surface area contributed by atoms with Crippen molar-refractivity contribution in [2.45, 2.75) is 6.54 Å². The fraction of sp³-hybridized carbons (Fsp3) is 0.500. The number of hydrogen-bond acceptors (Lipinski definition) is 3. The van der Waals surface area contributed by atoms with Gasteiger partial charge in [0, 0.05) is 6.54 Å². The molecule has 0 aliphatic rings. The molecule has 0 aromatic carbocycles. The molecule has 0 atom stereocenters. The van der Waals surface area contributed by atoms with E-state index in [1.54, 1.807) is 11.0 Å². The number of aromatic nitrogens is 3. The van der Waals surface area contributed by atoms with E-state index >= 15 is 0 Å². The van der Waals surface area contributed by atoms with Gasteiger partial charge in [0.15, 0.2) is 0 Å². The molecule has 0 amide bonds. The Morgan fingerprint density at radius 1 is 1.75 bits per heavy atom. The highest BCUT2D eigenvalue weighted by Crippen LogP contribution is 1.73. The van der Waals surface area contributed by atoms with Gasteiger partial charge in [-0.15, -0.1) is 5.10 Å². The van der Waals surface area contributed by atoms with Crippen LogP contribution in [0.1, 0.15) is 0 Å². The van der Waals surface area contributed by atoms with Crippen molar-refractivity contribution >= 4 is 0 Å². The van der Waals surface area contributed by atoms with Crippen molar-refractivity contribution in [2.24, 2.45) is 5.73 Å². The third kappa shape index (κ3) is 1.04. The first-order valence-corrected chi connectivity index (χ1v) is 2.39. The second kappa shape index (κ2) is 2.42. The van der Waals surface area contributed by atoms with Gasteiger partial charge < -0.3 is 5.73 Å². The Morgan fingerprint density at radius 3 is 3.12 bits per heavy atom. The Hall–Kier alpha value is -0.900. The molecule has 1 rings (SSSR count). The standard InChI is InChI=1S/C4H7N4/c5-1-2-8-4-6-3-7-8/h4H,1-2,5H2. The molecule has 4 heteroatoms. The fourth-order valence-corrected chi connectivity index (χ4v) is 0.442. The van der Waals surface area contributed by atoms with Crippen LogP contribution >= 0.6 is 0 Å². The van der Waals surface area contributed by atoms with Crippen LogP contribution in [0.15, 0.2) is 6.33 Å². The Bertz CT molecular complexity index is 134. The topological polar surface area (TPSA) is 56.7 Å². The normalized spacial score (nSPS) is 9.62. The van der Waals surface area contributed by atoms with Crippen LogP contribution in [0.3, 0.4) is 0 Å². The van der Waals surface area contributed by atoms with Gasteiger partial charge in [0.2, 0.25) is 6.33 Å². The zero-order valence-electron chi connectivity index (χ0n) is 4.41. The lowest BCUT2D eigenvalue weighted by Gasteiger charge is -1.91. The maximum atomic E-state index is 5.22. The van der Waals surface area contributed by atoms with Crippen LogP contribution in [0.5, 0.6) is 0 Å². The largest absolute Gasteiger partial charge is 0.329 e. The molecule has 0 fully saturated rings. The van der Waals surface area contributed by atoms with Gasteiger partial charge in [-0.3, -0.25) is 4.68 Å². The molecule has 0 unspecified atom stereocenters. The highest BCUT2D eigenvalue weighted by atomic mass is 15.3. The summed E-state index contributed by atoms with van der Waals surface area (Å²) < 4.78 is 1.64. The second-order valence-corrected chi connectivity index (χ2v) is 1.40. The summed E-state index contributed by atoms with van der Waals surface area (Å²) in [7, 11) is 0. The molecule has 0 bridgehead atoms. The van der Waals surface area contributed by atoms with Gasteiger partial charge in [0.1, 0.15) is 6.33 Å². The van der Waals surface area contributed by atoms with Gasteiger partial charge in [0.25, 0.3) is 0 Å². The summed E-state index contributed by atoms with van der Waals surface area (Å²) in [5.41, 5.74) is 5.22. The van der Waals surface area contributed by atoms with E-state index in [0.29, 0.717) is 6.54 Å². The quantitative estimate of drug-likeness (QED) is 0.534. The molecule has 0 saturated carbocycles. The van der Waals surface area contributed by atoms with E-state index in [4.69, 9.17) is 5.73 Å². The number of nitrogens with two attached hydrogens (primary N) is 1. The zero-order chi connectivity index (χ0) is 5.82. The van der Waals surface area contributed by atoms with Gasteiger partial charge >= 0.3 is 0 Å². The summed E-state index contributed by atoms with van der Waals surface area (Å²) in [6, 6.07) is 0. The third-order valence-electron chi connectivity index (χ3n) is 0.780. The van der Waals surface area contributed by atoms with Gasteiger partial charge in [-0.25, -0.2) is 4.98 Å². The summed E-state index contributed by atoms with van der Waals surface area (Å²) in [4.78, 5) is 3.61. The molecule has 0 aliphatic carbocycles. The van der Waals surface area contributed by atoms with Crippen molar-refractivity contribution in [1.82, 2.24) is 14.8 Å². The number of rotatable bonds is 2. The zero-order valence-corrected chi connectivity index (χ0v) is 4.41. The molecule has 1 aromatic rings. The average molecular weight is 111 g/mol. The monoisotopic (exact) mass is 111 g/mol. The first kappa shape index (κ1) is 5.24. The van der Waals surface area contributed by atoms with Gasteiger partial charge in [-0.1, -0.05) is 0 Å². The smallest absolute Gasteiger partial charge is 0.220 e. The van der Waals surface area contributed by atoms with Crippen LogP contribution in [0.25, 0.3) is 0 Å². The van der Waals surface area contributed by atoms with Crippen LogP contribution < -0.4 is 5.73 Å². The maximum Gasteiger partial charge on any atom is 0.220 e. The van der Waals surface area contributed by atoms with Crippen molar-refractivity contribution < 1.29 is 0 Å². The first-order chi connectivity index (χ1) is 3.93. The molecule has 4 nitrogen and oxygen atoms in total. The Labute approximate surface area is 47.3 Å². The van der Waals surface area contributed by atoms with Crippen LogP contribution in [-0.2, 0) is 6.54 Å². The van der Waals surface area contributed by atoms with Crippen molar-refractivity contribution in [2.75, 3.05) is 6.54 Å². The van der Waals surface area contributed by atoms with E-state index in [-0.39, 0.29) is 0 Å². The molecule has 0 spiro atoms. The van der Waals surface area contributed by atoms with E-state index in [1.807, 2.05) is 0 Å². The predicted molar refractivity (Wildman–Crippen MR) is 27.9 cm³/mol. The highest BCUT2D eigenvalue weighted by Gasteiger charge is 1.84. The fourth-order valence-electron chi connectivity index (χ4n) is 0.442. The Kier molecular flexibility index (Phi) is 1.58. The molecule has 0 saturated heterocycles. The second-order valence-electron chi connectivity index (χ2n) is 1.40. The average Bonchev–Trinajstić information content (AvgIpc) is 2.19. The predicted octanol–water partition coefficient (Wildman–Crippen LogP) is -0.963. The molecular formula is C4H7N4. The van der Waals surface area contributed by atoms with E-state index < -0.39 is 0 Å².